The Morgan fingerprint density at radius 1 is 1.56 bits per heavy atom. The summed E-state index contributed by atoms with van der Waals surface area (Å²) in [5, 5.41) is 0. The SMILES string of the molecule is CCCC(=O)N1CC(c2ccnc(C)n2)C1. The molecular weight excluding hydrogens is 202 g/mol. The van der Waals surface area contributed by atoms with E-state index in [2.05, 4.69) is 9.97 Å². The zero-order valence-electron chi connectivity index (χ0n) is 9.81. The number of carbonyl (C=O) groups excluding carboxylic acids is 1. The van der Waals surface area contributed by atoms with Crippen molar-refractivity contribution < 1.29 is 4.79 Å². The van der Waals surface area contributed by atoms with Crippen molar-refractivity contribution in [3.8, 4) is 0 Å². The Kier molecular flexibility index (Phi) is 3.17. The van der Waals surface area contributed by atoms with Gasteiger partial charge in [0.25, 0.3) is 0 Å². The summed E-state index contributed by atoms with van der Waals surface area (Å²) in [6.45, 7) is 5.55. The largest absolute Gasteiger partial charge is 0.341 e. The minimum atomic E-state index is 0.268. The van der Waals surface area contributed by atoms with E-state index in [-0.39, 0.29) is 5.91 Å². The fraction of sp³-hybridized carbons (Fsp3) is 0.583. The number of aromatic nitrogens is 2. The number of likely N-dealkylation sites (tertiary alicyclic amines) is 1. The van der Waals surface area contributed by atoms with Crippen LogP contribution in [0.3, 0.4) is 0 Å². The average molecular weight is 219 g/mol. The fourth-order valence-corrected chi connectivity index (χ4v) is 1.94. The average Bonchev–Trinajstić information content (AvgIpc) is 2.15. The lowest BCUT2D eigenvalue weighted by atomic mass is 9.95. The van der Waals surface area contributed by atoms with Gasteiger partial charge in [-0.15, -0.1) is 0 Å². The van der Waals surface area contributed by atoms with Crippen molar-refractivity contribution in [1.82, 2.24) is 14.9 Å². The van der Waals surface area contributed by atoms with Crippen molar-refractivity contribution in [3.05, 3.63) is 23.8 Å². The van der Waals surface area contributed by atoms with Crippen molar-refractivity contribution in [3.63, 3.8) is 0 Å². The number of nitrogens with zero attached hydrogens (tertiary/aromatic N) is 3. The van der Waals surface area contributed by atoms with Crippen LogP contribution in [0.4, 0.5) is 0 Å². The maximum atomic E-state index is 11.6. The Hall–Kier alpha value is -1.45. The van der Waals surface area contributed by atoms with Crippen LogP contribution in [-0.4, -0.2) is 33.9 Å². The second-order valence-corrected chi connectivity index (χ2v) is 4.27. The van der Waals surface area contributed by atoms with Gasteiger partial charge in [0.1, 0.15) is 5.82 Å². The molecule has 2 rings (SSSR count). The Morgan fingerprint density at radius 3 is 2.94 bits per heavy atom. The van der Waals surface area contributed by atoms with Gasteiger partial charge in [-0.2, -0.15) is 0 Å². The normalized spacial score (nSPS) is 16.0. The van der Waals surface area contributed by atoms with Crippen LogP contribution in [0.25, 0.3) is 0 Å². The molecule has 86 valence electrons. The minimum Gasteiger partial charge on any atom is -0.341 e. The van der Waals surface area contributed by atoms with Crippen LogP contribution < -0.4 is 0 Å². The lowest BCUT2D eigenvalue weighted by Crippen LogP contribution is -2.48. The molecular formula is C12H17N3O. The summed E-state index contributed by atoms with van der Waals surface area (Å²) in [7, 11) is 0. The van der Waals surface area contributed by atoms with E-state index in [1.165, 1.54) is 0 Å². The van der Waals surface area contributed by atoms with Crippen LogP contribution in [0.2, 0.25) is 0 Å². The zero-order chi connectivity index (χ0) is 11.5. The van der Waals surface area contributed by atoms with Crippen molar-refractivity contribution >= 4 is 5.91 Å². The highest BCUT2D eigenvalue weighted by Gasteiger charge is 2.31. The van der Waals surface area contributed by atoms with Crippen molar-refractivity contribution in [2.45, 2.75) is 32.6 Å². The third kappa shape index (κ3) is 2.21. The summed E-state index contributed by atoms with van der Waals surface area (Å²) < 4.78 is 0. The van der Waals surface area contributed by atoms with Gasteiger partial charge < -0.3 is 4.90 Å². The molecule has 16 heavy (non-hydrogen) atoms. The number of rotatable bonds is 3. The van der Waals surface area contributed by atoms with Crippen molar-refractivity contribution in [2.24, 2.45) is 0 Å². The first-order valence-electron chi connectivity index (χ1n) is 5.78. The maximum absolute atomic E-state index is 11.6. The van der Waals surface area contributed by atoms with E-state index < -0.39 is 0 Å². The highest BCUT2D eigenvalue weighted by atomic mass is 16.2. The molecule has 0 aliphatic carbocycles. The standard InChI is InChI=1S/C12H17N3O/c1-3-4-12(16)15-7-10(8-15)11-5-6-13-9(2)14-11/h5-6,10H,3-4,7-8H2,1-2H3. The molecule has 1 aromatic rings. The van der Waals surface area contributed by atoms with E-state index >= 15 is 0 Å². The number of aryl methyl sites for hydroxylation is 1. The van der Waals surface area contributed by atoms with Gasteiger partial charge in [0.05, 0.1) is 5.69 Å². The van der Waals surface area contributed by atoms with Crippen LogP contribution in [0.15, 0.2) is 12.3 Å². The molecule has 4 heteroatoms. The Bertz CT molecular complexity index is 386. The smallest absolute Gasteiger partial charge is 0.222 e. The monoisotopic (exact) mass is 219 g/mol. The van der Waals surface area contributed by atoms with Crippen LogP contribution in [0.1, 0.15) is 37.2 Å². The molecule has 0 bridgehead atoms. The third-order valence-electron chi connectivity index (χ3n) is 2.91. The van der Waals surface area contributed by atoms with Gasteiger partial charge in [0.2, 0.25) is 5.91 Å². The number of hydrogen-bond acceptors (Lipinski definition) is 3. The van der Waals surface area contributed by atoms with Gasteiger partial charge in [0, 0.05) is 31.6 Å². The Balaban J connectivity index is 1.91. The molecule has 1 aromatic heterocycles. The summed E-state index contributed by atoms with van der Waals surface area (Å²) in [5.74, 6) is 1.47. The quantitative estimate of drug-likeness (QED) is 0.774. The third-order valence-corrected chi connectivity index (χ3v) is 2.91. The van der Waals surface area contributed by atoms with E-state index in [1.807, 2.05) is 24.8 Å². The topological polar surface area (TPSA) is 46.1 Å². The van der Waals surface area contributed by atoms with Gasteiger partial charge >= 0.3 is 0 Å². The van der Waals surface area contributed by atoms with Gasteiger partial charge in [-0.3, -0.25) is 4.79 Å². The summed E-state index contributed by atoms with van der Waals surface area (Å²) in [6, 6.07) is 1.94. The van der Waals surface area contributed by atoms with Gasteiger partial charge in [-0.25, -0.2) is 9.97 Å². The molecule has 0 atom stereocenters. The van der Waals surface area contributed by atoms with Crippen molar-refractivity contribution in [2.75, 3.05) is 13.1 Å². The number of carbonyl (C=O) groups is 1. The maximum Gasteiger partial charge on any atom is 0.222 e. The lowest BCUT2D eigenvalue weighted by Gasteiger charge is -2.39. The minimum absolute atomic E-state index is 0.268. The molecule has 1 fully saturated rings. The molecule has 1 amide bonds. The molecule has 4 nitrogen and oxygen atoms in total. The first-order valence-corrected chi connectivity index (χ1v) is 5.78. The fourth-order valence-electron chi connectivity index (χ4n) is 1.94. The zero-order valence-corrected chi connectivity index (χ0v) is 9.81. The van der Waals surface area contributed by atoms with Gasteiger partial charge in [-0.1, -0.05) is 6.92 Å². The lowest BCUT2D eigenvalue weighted by molar-refractivity contribution is -0.135. The summed E-state index contributed by atoms with van der Waals surface area (Å²) in [5.41, 5.74) is 1.06. The first-order chi connectivity index (χ1) is 7.70. The molecule has 0 spiro atoms. The predicted octanol–water partition coefficient (Wildman–Crippen LogP) is 1.51. The molecule has 0 radical (unpaired) electrons. The van der Waals surface area contributed by atoms with Gasteiger partial charge in [0.15, 0.2) is 0 Å². The van der Waals surface area contributed by atoms with Crippen LogP contribution in [0, 0.1) is 6.92 Å². The highest BCUT2D eigenvalue weighted by Crippen LogP contribution is 2.25. The Morgan fingerprint density at radius 2 is 2.31 bits per heavy atom. The Labute approximate surface area is 95.7 Å². The highest BCUT2D eigenvalue weighted by molar-refractivity contribution is 5.77. The molecule has 0 unspecified atom stereocenters. The van der Waals surface area contributed by atoms with Gasteiger partial charge in [-0.05, 0) is 19.4 Å². The van der Waals surface area contributed by atoms with E-state index in [1.54, 1.807) is 6.20 Å². The first kappa shape index (κ1) is 11.0. The van der Waals surface area contributed by atoms with Crippen molar-refractivity contribution in [1.29, 1.82) is 0 Å². The van der Waals surface area contributed by atoms with E-state index in [0.717, 1.165) is 31.0 Å². The molecule has 1 saturated heterocycles. The molecule has 0 N–H and O–H groups in total. The van der Waals surface area contributed by atoms with Crippen LogP contribution in [-0.2, 0) is 4.79 Å². The summed E-state index contributed by atoms with van der Waals surface area (Å²) >= 11 is 0. The molecule has 0 aromatic carbocycles. The van der Waals surface area contributed by atoms with E-state index in [9.17, 15) is 4.79 Å². The molecule has 1 aliphatic heterocycles. The van der Waals surface area contributed by atoms with Crippen LogP contribution in [0.5, 0.6) is 0 Å². The molecule has 0 saturated carbocycles. The predicted molar refractivity (Wildman–Crippen MR) is 61.0 cm³/mol. The summed E-state index contributed by atoms with van der Waals surface area (Å²) in [6.07, 6.45) is 3.37. The van der Waals surface area contributed by atoms with Crippen LogP contribution >= 0.6 is 0 Å². The second kappa shape index (κ2) is 4.60. The van der Waals surface area contributed by atoms with E-state index in [4.69, 9.17) is 0 Å². The summed E-state index contributed by atoms with van der Waals surface area (Å²) in [4.78, 5) is 21.9. The van der Waals surface area contributed by atoms with E-state index in [0.29, 0.717) is 12.3 Å². The number of hydrogen-bond donors (Lipinski definition) is 0. The molecule has 2 heterocycles. The molecule has 1 aliphatic rings. The second-order valence-electron chi connectivity index (χ2n) is 4.27. The number of amides is 1.